The van der Waals surface area contributed by atoms with Crippen LogP contribution in [0.2, 0.25) is 0 Å². The molecule has 0 atom stereocenters. The molecule has 0 aromatic carbocycles. The summed E-state index contributed by atoms with van der Waals surface area (Å²) in [6.07, 6.45) is 3.34. The second kappa shape index (κ2) is 6.71. The van der Waals surface area contributed by atoms with Crippen molar-refractivity contribution >= 4 is 27.3 Å². The first kappa shape index (κ1) is 12.2. The van der Waals surface area contributed by atoms with Gasteiger partial charge in [-0.1, -0.05) is 13.8 Å². The van der Waals surface area contributed by atoms with E-state index in [0.29, 0.717) is 5.69 Å². The summed E-state index contributed by atoms with van der Waals surface area (Å²) in [5.41, 5.74) is 7.24. The molecule has 3 nitrogen and oxygen atoms in total. The highest BCUT2D eigenvalue weighted by Gasteiger charge is 2.01. The summed E-state index contributed by atoms with van der Waals surface area (Å²) in [5.74, 6) is 0. The quantitative estimate of drug-likeness (QED) is 0.843. The van der Waals surface area contributed by atoms with Gasteiger partial charge in [-0.3, -0.25) is 4.98 Å². The molecule has 0 aliphatic carbocycles. The Morgan fingerprint density at radius 3 is 2.54 bits per heavy atom. The van der Waals surface area contributed by atoms with Crippen molar-refractivity contribution in [3.05, 3.63) is 16.9 Å². The number of rotatable bonds is 2. The normalized spacial score (nSPS) is 8.62. The third-order valence-electron chi connectivity index (χ3n) is 1.28. The number of aromatic nitrogens is 1. The molecule has 0 saturated carbocycles. The van der Waals surface area contributed by atoms with E-state index in [1.807, 2.05) is 20.8 Å². The standard InChI is InChI=1S/C7H10BrN3.C2H6/c1-2-11-7-5(8)3-10-4-6(7)9;1-2/h3-4H,2,9H2,1H3,(H,10,11);1-2H3. The predicted octanol–water partition coefficient (Wildman–Crippen LogP) is 2.88. The first-order chi connectivity index (χ1) is 6.25. The van der Waals surface area contributed by atoms with E-state index < -0.39 is 0 Å². The Morgan fingerprint density at radius 2 is 2.08 bits per heavy atom. The zero-order chi connectivity index (χ0) is 10.3. The van der Waals surface area contributed by atoms with Crippen molar-refractivity contribution in [1.82, 2.24) is 4.98 Å². The number of anilines is 2. The summed E-state index contributed by atoms with van der Waals surface area (Å²) in [7, 11) is 0. The van der Waals surface area contributed by atoms with Gasteiger partial charge in [0.15, 0.2) is 0 Å². The van der Waals surface area contributed by atoms with Gasteiger partial charge in [0.1, 0.15) is 0 Å². The van der Waals surface area contributed by atoms with Crippen LogP contribution in [0.25, 0.3) is 0 Å². The molecule has 0 spiro atoms. The summed E-state index contributed by atoms with van der Waals surface area (Å²) in [4.78, 5) is 3.91. The maximum atomic E-state index is 5.65. The Balaban J connectivity index is 0.000000671. The molecule has 1 aromatic heterocycles. The van der Waals surface area contributed by atoms with E-state index in [4.69, 9.17) is 5.73 Å². The number of hydrogen-bond donors (Lipinski definition) is 2. The van der Waals surface area contributed by atoms with E-state index in [1.54, 1.807) is 12.4 Å². The third kappa shape index (κ3) is 3.63. The second-order valence-corrected chi connectivity index (χ2v) is 2.97. The van der Waals surface area contributed by atoms with Gasteiger partial charge >= 0.3 is 0 Å². The van der Waals surface area contributed by atoms with Gasteiger partial charge < -0.3 is 11.1 Å². The van der Waals surface area contributed by atoms with Crippen LogP contribution in [0.3, 0.4) is 0 Å². The lowest BCUT2D eigenvalue weighted by molar-refractivity contribution is 1.19. The molecule has 13 heavy (non-hydrogen) atoms. The summed E-state index contributed by atoms with van der Waals surface area (Å²) >= 11 is 3.34. The number of nitrogen functional groups attached to an aromatic ring is 1. The van der Waals surface area contributed by atoms with Gasteiger partial charge in [-0.2, -0.15) is 0 Å². The predicted molar refractivity (Wildman–Crippen MR) is 61.9 cm³/mol. The summed E-state index contributed by atoms with van der Waals surface area (Å²) in [6, 6.07) is 0. The van der Waals surface area contributed by atoms with Gasteiger partial charge in [-0.05, 0) is 22.9 Å². The maximum Gasteiger partial charge on any atom is 0.0749 e. The minimum absolute atomic E-state index is 0.668. The zero-order valence-corrected chi connectivity index (χ0v) is 9.85. The Morgan fingerprint density at radius 1 is 1.46 bits per heavy atom. The average molecular weight is 246 g/mol. The third-order valence-corrected chi connectivity index (χ3v) is 1.88. The van der Waals surface area contributed by atoms with Crippen LogP contribution in [0.4, 0.5) is 11.4 Å². The molecule has 0 unspecified atom stereocenters. The molecule has 0 amide bonds. The molecule has 0 fully saturated rings. The molecule has 0 aliphatic rings. The van der Waals surface area contributed by atoms with Gasteiger partial charge in [-0.15, -0.1) is 0 Å². The molecule has 74 valence electrons. The minimum atomic E-state index is 0.668. The summed E-state index contributed by atoms with van der Waals surface area (Å²) in [5, 5.41) is 3.13. The smallest absolute Gasteiger partial charge is 0.0749 e. The minimum Gasteiger partial charge on any atom is -0.396 e. The highest BCUT2D eigenvalue weighted by Crippen LogP contribution is 2.26. The Labute approximate surface area is 87.9 Å². The molecule has 1 heterocycles. The van der Waals surface area contributed by atoms with E-state index in [9.17, 15) is 0 Å². The average Bonchev–Trinajstić information content (AvgIpc) is 2.15. The van der Waals surface area contributed by atoms with Crippen LogP contribution in [-0.2, 0) is 0 Å². The largest absolute Gasteiger partial charge is 0.396 e. The van der Waals surface area contributed by atoms with E-state index in [1.165, 1.54) is 0 Å². The summed E-state index contributed by atoms with van der Waals surface area (Å²) < 4.78 is 0.902. The van der Waals surface area contributed by atoms with Crippen LogP contribution in [-0.4, -0.2) is 11.5 Å². The van der Waals surface area contributed by atoms with Crippen molar-refractivity contribution in [3.8, 4) is 0 Å². The van der Waals surface area contributed by atoms with Gasteiger partial charge in [0.2, 0.25) is 0 Å². The van der Waals surface area contributed by atoms with Crippen molar-refractivity contribution < 1.29 is 0 Å². The Hall–Kier alpha value is -0.770. The van der Waals surface area contributed by atoms with Gasteiger partial charge in [-0.25, -0.2) is 0 Å². The number of nitrogens with one attached hydrogen (secondary N) is 1. The van der Waals surface area contributed by atoms with Gasteiger partial charge in [0.05, 0.1) is 22.0 Å². The Bertz CT molecular complexity index is 230. The molecule has 1 aromatic rings. The number of nitrogens with zero attached hydrogens (tertiary/aromatic N) is 1. The van der Waals surface area contributed by atoms with Crippen LogP contribution in [0.15, 0.2) is 16.9 Å². The van der Waals surface area contributed by atoms with E-state index in [2.05, 4.69) is 26.2 Å². The van der Waals surface area contributed by atoms with Gasteiger partial charge in [0.25, 0.3) is 0 Å². The monoisotopic (exact) mass is 245 g/mol. The molecule has 0 aliphatic heterocycles. The molecule has 1 rings (SSSR count). The first-order valence-corrected chi connectivity index (χ1v) is 5.18. The number of nitrogens with two attached hydrogens (primary N) is 1. The molecular weight excluding hydrogens is 230 g/mol. The second-order valence-electron chi connectivity index (χ2n) is 2.12. The lowest BCUT2D eigenvalue weighted by Crippen LogP contribution is -2.01. The van der Waals surface area contributed by atoms with Crippen molar-refractivity contribution in [2.45, 2.75) is 20.8 Å². The highest BCUT2D eigenvalue weighted by molar-refractivity contribution is 9.10. The number of halogens is 1. The zero-order valence-electron chi connectivity index (χ0n) is 8.26. The van der Waals surface area contributed by atoms with Crippen LogP contribution in [0, 0.1) is 0 Å². The maximum absolute atomic E-state index is 5.65. The molecule has 0 bridgehead atoms. The lowest BCUT2D eigenvalue weighted by atomic mass is 10.3. The van der Waals surface area contributed by atoms with E-state index in [0.717, 1.165) is 16.7 Å². The van der Waals surface area contributed by atoms with Crippen LogP contribution in [0.5, 0.6) is 0 Å². The van der Waals surface area contributed by atoms with E-state index >= 15 is 0 Å². The van der Waals surface area contributed by atoms with Crippen molar-refractivity contribution in [2.24, 2.45) is 0 Å². The number of pyridine rings is 1. The molecular formula is C9H16BrN3. The lowest BCUT2D eigenvalue weighted by Gasteiger charge is -2.07. The van der Waals surface area contributed by atoms with Crippen molar-refractivity contribution in [2.75, 3.05) is 17.6 Å². The first-order valence-electron chi connectivity index (χ1n) is 4.38. The van der Waals surface area contributed by atoms with Crippen molar-refractivity contribution in [3.63, 3.8) is 0 Å². The molecule has 3 N–H and O–H groups in total. The molecule has 4 heteroatoms. The highest BCUT2D eigenvalue weighted by atomic mass is 79.9. The van der Waals surface area contributed by atoms with Gasteiger partial charge in [0, 0.05) is 12.7 Å². The molecule has 0 radical (unpaired) electrons. The van der Waals surface area contributed by atoms with Crippen LogP contribution >= 0.6 is 15.9 Å². The summed E-state index contributed by atoms with van der Waals surface area (Å²) in [6.45, 7) is 6.87. The van der Waals surface area contributed by atoms with Crippen LogP contribution in [0.1, 0.15) is 20.8 Å². The number of hydrogen-bond acceptors (Lipinski definition) is 3. The Kier molecular flexibility index (Phi) is 6.32. The van der Waals surface area contributed by atoms with E-state index in [-0.39, 0.29) is 0 Å². The van der Waals surface area contributed by atoms with Crippen molar-refractivity contribution in [1.29, 1.82) is 0 Å². The molecule has 0 saturated heterocycles. The fourth-order valence-corrected chi connectivity index (χ4v) is 1.30. The van der Waals surface area contributed by atoms with Crippen LogP contribution < -0.4 is 11.1 Å². The fraction of sp³-hybridized carbons (Fsp3) is 0.444. The SMILES string of the molecule is CC.CCNc1c(N)cncc1Br. The fourth-order valence-electron chi connectivity index (χ4n) is 0.813. The topological polar surface area (TPSA) is 50.9 Å².